The van der Waals surface area contributed by atoms with Gasteiger partial charge < -0.3 is 26.0 Å². The van der Waals surface area contributed by atoms with Gasteiger partial charge in [0.15, 0.2) is 17.3 Å². The fraction of sp³-hybridized carbons (Fsp3) is 0.400. The van der Waals surface area contributed by atoms with E-state index in [2.05, 4.69) is 4.74 Å². The monoisotopic (exact) mass is 456 g/mol. The largest absolute Gasteiger partial charge is 0.467 e. The topological polar surface area (TPSA) is 142 Å². The fourth-order valence-electron chi connectivity index (χ4n) is 3.67. The lowest BCUT2D eigenvalue weighted by Gasteiger charge is -2.39. The number of nitrogens with two attached hydrogens (primary N) is 2. The molecule has 5 atom stereocenters. The summed E-state index contributed by atoms with van der Waals surface area (Å²) in [5.41, 5.74) is 11.2. The first-order chi connectivity index (χ1) is 15.7. The molecule has 0 aliphatic rings. The normalized spacial score (nSPS) is 16.5. The number of Topliss-reactive ketones (excluding diaryl/α,β-unsaturated/α-hetero) is 1. The van der Waals surface area contributed by atoms with Crippen LogP contribution in [0.15, 0.2) is 60.7 Å². The van der Waals surface area contributed by atoms with Crippen LogP contribution in [-0.2, 0) is 35.9 Å². The molecule has 0 heterocycles. The molecule has 1 unspecified atom stereocenters. The minimum Gasteiger partial charge on any atom is -0.467 e. The Kier molecular flexibility index (Phi) is 9.28. The Morgan fingerprint density at radius 2 is 1.55 bits per heavy atom. The highest BCUT2D eigenvalue weighted by Gasteiger charge is 2.58. The predicted molar refractivity (Wildman–Crippen MR) is 123 cm³/mol. The van der Waals surface area contributed by atoms with E-state index < -0.39 is 41.3 Å². The number of ketones is 1. The first-order valence-corrected chi connectivity index (χ1v) is 10.8. The van der Waals surface area contributed by atoms with Gasteiger partial charge in [-0.3, -0.25) is 9.59 Å². The van der Waals surface area contributed by atoms with E-state index in [1.807, 2.05) is 13.0 Å². The van der Waals surface area contributed by atoms with E-state index in [4.69, 9.17) is 16.2 Å². The van der Waals surface area contributed by atoms with E-state index in [-0.39, 0.29) is 18.1 Å². The minimum atomic E-state index is -2.24. The van der Waals surface area contributed by atoms with Crippen molar-refractivity contribution in [3.8, 4) is 0 Å². The minimum absolute atomic E-state index is 0.138. The van der Waals surface area contributed by atoms with E-state index >= 15 is 0 Å². The van der Waals surface area contributed by atoms with E-state index in [1.165, 1.54) is 12.1 Å². The van der Waals surface area contributed by atoms with Crippen LogP contribution in [0.25, 0.3) is 0 Å². The molecule has 2 aromatic rings. The van der Waals surface area contributed by atoms with E-state index in [0.717, 1.165) is 7.11 Å². The summed E-state index contributed by atoms with van der Waals surface area (Å²) in [5.74, 6) is -3.12. The quantitative estimate of drug-likeness (QED) is 0.341. The third-order valence-electron chi connectivity index (χ3n) is 6.00. The van der Waals surface area contributed by atoms with Crippen molar-refractivity contribution < 1.29 is 29.0 Å². The first-order valence-electron chi connectivity index (χ1n) is 10.8. The van der Waals surface area contributed by atoms with Crippen LogP contribution >= 0.6 is 0 Å². The smallest absolute Gasteiger partial charge is 0.336 e. The van der Waals surface area contributed by atoms with Crippen molar-refractivity contribution in [2.75, 3.05) is 7.11 Å². The number of benzene rings is 2. The average molecular weight is 457 g/mol. The zero-order chi connectivity index (χ0) is 24.6. The van der Waals surface area contributed by atoms with E-state index in [0.29, 0.717) is 12.0 Å². The molecule has 33 heavy (non-hydrogen) atoms. The zero-order valence-electron chi connectivity index (χ0n) is 19.1. The van der Waals surface area contributed by atoms with Crippen molar-refractivity contribution in [3.63, 3.8) is 0 Å². The maximum Gasteiger partial charge on any atom is 0.336 e. The van der Waals surface area contributed by atoms with Gasteiger partial charge in [0.05, 0.1) is 19.2 Å². The Hall–Kier alpha value is -3.07. The van der Waals surface area contributed by atoms with Gasteiger partial charge in [-0.15, -0.1) is 0 Å². The van der Waals surface area contributed by atoms with Crippen molar-refractivity contribution in [1.82, 2.24) is 0 Å². The van der Waals surface area contributed by atoms with Gasteiger partial charge in [0.2, 0.25) is 0 Å². The van der Waals surface area contributed by atoms with Crippen LogP contribution in [0.3, 0.4) is 0 Å². The van der Waals surface area contributed by atoms with E-state index in [1.54, 1.807) is 49.4 Å². The SMILES string of the molecule is CC[C@H](C)[C@H](N)C(=O)C(C(=O)OCc1ccccc1)(c1ccccc1)[C@H](N)[C@@H](O)C(=O)OC. The van der Waals surface area contributed by atoms with Crippen molar-refractivity contribution >= 4 is 17.7 Å². The van der Waals surface area contributed by atoms with Gasteiger partial charge in [0, 0.05) is 0 Å². The maximum absolute atomic E-state index is 13.9. The highest BCUT2D eigenvalue weighted by atomic mass is 16.5. The summed E-state index contributed by atoms with van der Waals surface area (Å²) in [4.78, 5) is 39.8. The van der Waals surface area contributed by atoms with Crippen LogP contribution in [0.4, 0.5) is 0 Å². The Bertz CT molecular complexity index is 936. The highest BCUT2D eigenvalue weighted by molar-refractivity contribution is 6.13. The molecular formula is C25H32N2O6. The van der Waals surface area contributed by atoms with Crippen LogP contribution in [0.5, 0.6) is 0 Å². The van der Waals surface area contributed by atoms with Gasteiger partial charge in [-0.05, 0) is 17.0 Å². The number of hydrogen-bond donors (Lipinski definition) is 3. The molecule has 0 spiro atoms. The number of esters is 2. The van der Waals surface area contributed by atoms with Gasteiger partial charge in [0.1, 0.15) is 6.61 Å². The summed E-state index contributed by atoms with van der Waals surface area (Å²) >= 11 is 0. The predicted octanol–water partition coefficient (Wildman–Crippen LogP) is 1.47. The molecule has 0 aromatic heterocycles. The van der Waals surface area contributed by atoms with Gasteiger partial charge in [-0.1, -0.05) is 80.9 Å². The van der Waals surface area contributed by atoms with Crippen LogP contribution in [0.1, 0.15) is 31.4 Å². The molecule has 0 radical (unpaired) electrons. The lowest BCUT2D eigenvalue weighted by Crippen LogP contribution is -2.66. The Labute approximate surface area is 193 Å². The second-order valence-corrected chi connectivity index (χ2v) is 8.01. The van der Waals surface area contributed by atoms with Gasteiger partial charge in [0.25, 0.3) is 0 Å². The standard InChI is InChI=1S/C25H32N2O6/c1-4-16(2)19(26)22(29)25(18-13-9-6-10-14-18,21(27)20(28)23(30)32-3)24(31)33-15-17-11-7-5-8-12-17/h5-14,16,19-21,28H,4,15,26-27H2,1-3H3/t16-,19-,20+,21+,25?/m0/s1. The second kappa shape index (κ2) is 11.7. The summed E-state index contributed by atoms with van der Waals surface area (Å²) < 4.78 is 10.2. The summed E-state index contributed by atoms with van der Waals surface area (Å²) in [7, 11) is 1.07. The molecule has 0 aliphatic heterocycles. The molecule has 178 valence electrons. The maximum atomic E-state index is 13.9. The lowest BCUT2D eigenvalue weighted by molar-refractivity contribution is -0.163. The Morgan fingerprint density at radius 3 is 2.06 bits per heavy atom. The van der Waals surface area contributed by atoms with Crippen molar-refractivity contribution in [2.24, 2.45) is 17.4 Å². The molecule has 2 rings (SSSR count). The molecule has 0 bridgehead atoms. The highest BCUT2D eigenvalue weighted by Crippen LogP contribution is 2.35. The zero-order valence-corrected chi connectivity index (χ0v) is 19.1. The molecule has 5 N–H and O–H groups in total. The number of carbonyl (C=O) groups is 3. The molecule has 8 nitrogen and oxygen atoms in total. The van der Waals surface area contributed by atoms with E-state index in [9.17, 15) is 19.5 Å². The first kappa shape index (κ1) is 26.2. The molecule has 0 saturated carbocycles. The number of hydrogen-bond acceptors (Lipinski definition) is 8. The number of rotatable bonds is 11. The number of carbonyl (C=O) groups excluding carboxylic acids is 3. The third-order valence-corrected chi connectivity index (χ3v) is 6.00. The fourth-order valence-corrected chi connectivity index (χ4v) is 3.67. The van der Waals surface area contributed by atoms with Crippen LogP contribution in [0, 0.1) is 5.92 Å². The van der Waals surface area contributed by atoms with Gasteiger partial charge in [-0.2, -0.15) is 0 Å². The van der Waals surface area contributed by atoms with Crippen molar-refractivity contribution in [3.05, 3.63) is 71.8 Å². The van der Waals surface area contributed by atoms with Crippen molar-refractivity contribution in [1.29, 1.82) is 0 Å². The number of ether oxygens (including phenoxy) is 2. The lowest BCUT2D eigenvalue weighted by atomic mass is 9.66. The average Bonchev–Trinajstić information content (AvgIpc) is 2.86. The number of methoxy groups -OCH3 is 1. The summed E-state index contributed by atoms with van der Waals surface area (Å²) in [6.45, 7) is 3.50. The molecule has 0 fully saturated rings. The van der Waals surface area contributed by atoms with Crippen molar-refractivity contribution in [2.45, 2.75) is 50.5 Å². The summed E-state index contributed by atoms with van der Waals surface area (Å²) in [6.07, 6.45) is -1.42. The molecule has 0 amide bonds. The molecule has 0 aliphatic carbocycles. The third kappa shape index (κ3) is 5.47. The molecule has 8 heteroatoms. The Balaban J connectivity index is 2.66. The summed E-state index contributed by atoms with van der Waals surface area (Å²) in [6, 6.07) is 14.1. The van der Waals surface area contributed by atoms with Gasteiger partial charge >= 0.3 is 11.9 Å². The molecular weight excluding hydrogens is 424 g/mol. The number of aliphatic hydroxyl groups is 1. The van der Waals surface area contributed by atoms with Crippen LogP contribution in [-0.4, -0.2) is 48.1 Å². The second-order valence-electron chi connectivity index (χ2n) is 8.01. The van der Waals surface area contributed by atoms with Crippen LogP contribution in [0.2, 0.25) is 0 Å². The molecule has 2 aromatic carbocycles. The Morgan fingerprint density at radius 1 is 1.00 bits per heavy atom. The summed E-state index contributed by atoms with van der Waals surface area (Å²) in [5, 5.41) is 10.6. The van der Waals surface area contributed by atoms with Crippen LogP contribution < -0.4 is 11.5 Å². The van der Waals surface area contributed by atoms with Gasteiger partial charge in [-0.25, -0.2) is 4.79 Å². The number of aliphatic hydroxyl groups excluding tert-OH is 1. The molecule has 0 saturated heterocycles.